The van der Waals surface area contributed by atoms with Crippen LogP contribution in [0.4, 0.5) is 0 Å². The lowest BCUT2D eigenvalue weighted by Crippen LogP contribution is -1.80. The molecule has 1 aromatic rings. The molecule has 0 bridgehead atoms. The standard InChI is InChI=1S/C9H10O2S/c1-8(10)12-6-2-3-9-4-5-11-7-9/h2-5,7H,6H2,1H3. The van der Waals surface area contributed by atoms with Crippen LogP contribution in [0.1, 0.15) is 12.5 Å². The summed E-state index contributed by atoms with van der Waals surface area (Å²) in [5, 5.41) is 0.145. The van der Waals surface area contributed by atoms with Crippen molar-refractivity contribution in [2.45, 2.75) is 6.92 Å². The van der Waals surface area contributed by atoms with E-state index in [2.05, 4.69) is 0 Å². The Morgan fingerprint density at radius 1 is 1.75 bits per heavy atom. The van der Waals surface area contributed by atoms with Crippen molar-refractivity contribution < 1.29 is 9.21 Å². The molecule has 0 unspecified atom stereocenters. The van der Waals surface area contributed by atoms with Crippen LogP contribution in [-0.4, -0.2) is 10.9 Å². The van der Waals surface area contributed by atoms with Gasteiger partial charge in [0.15, 0.2) is 5.12 Å². The molecule has 64 valence electrons. The summed E-state index contributed by atoms with van der Waals surface area (Å²) in [5.41, 5.74) is 1.03. The fraction of sp³-hybridized carbons (Fsp3) is 0.222. The second-order valence-corrected chi connectivity index (χ2v) is 3.46. The summed E-state index contributed by atoms with van der Waals surface area (Å²) in [6, 6.07) is 1.87. The van der Waals surface area contributed by atoms with Gasteiger partial charge in [-0.05, 0) is 6.07 Å². The molecule has 0 N–H and O–H groups in total. The van der Waals surface area contributed by atoms with Gasteiger partial charge in [-0.25, -0.2) is 0 Å². The normalized spacial score (nSPS) is 10.8. The van der Waals surface area contributed by atoms with Crippen molar-refractivity contribution in [2.24, 2.45) is 0 Å². The van der Waals surface area contributed by atoms with Crippen molar-refractivity contribution in [1.29, 1.82) is 0 Å². The number of hydrogen-bond acceptors (Lipinski definition) is 3. The highest BCUT2D eigenvalue weighted by atomic mass is 32.2. The Labute approximate surface area is 75.6 Å². The number of carbonyl (C=O) groups is 1. The molecule has 0 radical (unpaired) electrons. The van der Waals surface area contributed by atoms with Crippen molar-refractivity contribution in [1.82, 2.24) is 0 Å². The number of thioether (sulfide) groups is 1. The van der Waals surface area contributed by atoms with Gasteiger partial charge in [0.2, 0.25) is 0 Å². The summed E-state index contributed by atoms with van der Waals surface area (Å²) in [7, 11) is 0. The van der Waals surface area contributed by atoms with E-state index in [1.165, 1.54) is 11.8 Å². The van der Waals surface area contributed by atoms with Crippen molar-refractivity contribution in [3.63, 3.8) is 0 Å². The van der Waals surface area contributed by atoms with Gasteiger partial charge in [0, 0.05) is 18.2 Å². The minimum absolute atomic E-state index is 0.145. The van der Waals surface area contributed by atoms with E-state index in [1.54, 1.807) is 19.5 Å². The molecule has 1 rings (SSSR count). The van der Waals surface area contributed by atoms with Gasteiger partial charge < -0.3 is 4.42 Å². The lowest BCUT2D eigenvalue weighted by molar-refractivity contribution is -0.109. The van der Waals surface area contributed by atoms with Crippen LogP contribution in [0.2, 0.25) is 0 Å². The molecule has 0 saturated heterocycles. The predicted molar refractivity (Wildman–Crippen MR) is 50.9 cm³/mol. The zero-order chi connectivity index (χ0) is 8.81. The molecule has 0 atom stereocenters. The largest absolute Gasteiger partial charge is 0.472 e. The van der Waals surface area contributed by atoms with Gasteiger partial charge in [-0.1, -0.05) is 23.9 Å². The van der Waals surface area contributed by atoms with E-state index >= 15 is 0 Å². The summed E-state index contributed by atoms with van der Waals surface area (Å²) < 4.78 is 4.87. The zero-order valence-corrected chi connectivity index (χ0v) is 7.64. The second kappa shape index (κ2) is 4.83. The summed E-state index contributed by atoms with van der Waals surface area (Å²) in [6.45, 7) is 1.57. The molecule has 1 heterocycles. The van der Waals surface area contributed by atoms with Crippen LogP contribution in [0.5, 0.6) is 0 Å². The quantitative estimate of drug-likeness (QED) is 0.719. The third-order valence-electron chi connectivity index (χ3n) is 1.24. The maximum absolute atomic E-state index is 10.5. The highest BCUT2D eigenvalue weighted by Crippen LogP contribution is 2.05. The topological polar surface area (TPSA) is 30.2 Å². The molecule has 0 amide bonds. The van der Waals surface area contributed by atoms with Gasteiger partial charge in [-0.2, -0.15) is 0 Å². The smallest absolute Gasteiger partial charge is 0.186 e. The van der Waals surface area contributed by atoms with Crippen LogP contribution in [0.3, 0.4) is 0 Å². The molecule has 0 saturated carbocycles. The van der Waals surface area contributed by atoms with Crippen LogP contribution in [0, 0.1) is 0 Å². The lowest BCUT2D eigenvalue weighted by Gasteiger charge is -1.86. The average molecular weight is 182 g/mol. The number of rotatable bonds is 3. The third-order valence-corrected chi connectivity index (χ3v) is 2.00. The van der Waals surface area contributed by atoms with Gasteiger partial charge in [0.1, 0.15) is 0 Å². The Bertz CT molecular complexity index is 262. The van der Waals surface area contributed by atoms with Gasteiger partial charge in [-0.3, -0.25) is 4.79 Å². The number of hydrogen-bond donors (Lipinski definition) is 0. The Balaban J connectivity index is 2.27. The summed E-state index contributed by atoms with van der Waals surface area (Å²) in [6.07, 6.45) is 7.16. The maximum Gasteiger partial charge on any atom is 0.186 e. The number of carbonyl (C=O) groups excluding carboxylic acids is 1. The zero-order valence-electron chi connectivity index (χ0n) is 6.82. The molecule has 3 heteroatoms. The van der Waals surface area contributed by atoms with E-state index in [9.17, 15) is 4.79 Å². The molecular formula is C9H10O2S. The van der Waals surface area contributed by atoms with E-state index in [1.807, 2.05) is 18.2 Å². The molecule has 0 aliphatic carbocycles. The monoisotopic (exact) mass is 182 g/mol. The SMILES string of the molecule is CC(=O)SCC=Cc1ccoc1. The Kier molecular flexibility index (Phi) is 3.67. The maximum atomic E-state index is 10.5. The molecular weight excluding hydrogens is 172 g/mol. The molecule has 1 aromatic heterocycles. The second-order valence-electron chi connectivity index (χ2n) is 2.26. The highest BCUT2D eigenvalue weighted by molar-refractivity contribution is 8.13. The average Bonchev–Trinajstić information content (AvgIpc) is 2.49. The first-order valence-corrected chi connectivity index (χ1v) is 4.59. The van der Waals surface area contributed by atoms with Gasteiger partial charge in [-0.15, -0.1) is 0 Å². The lowest BCUT2D eigenvalue weighted by atomic mass is 10.3. The Morgan fingerprint density at radius 3 is 3.17 bits per heavy atom. The van der Waals surface area contributed by atoms with Gasteiger partial charge in [0.25, 0.3) is 0 Å². The van der Waals surface area contributed by atoms with Crippen molar-refractivity contribution >= 4 is 23.0 Å². The van der Waals surface area contributed by atoms with E-state index in [4.69, 9.17) is 4.42 Å². The van der Waals surface area contributed by atoms with Gasteiger partial charge >= 0.3 is 0 Å². The van der Waals surface area contributed by atoms with Crippen LogP contribution in [-0.2, 0) is 4.79 Å². The molecule has 2 nitrogen and oxygen atoms in total. The first-order valence-electron chi connectivity index (χ1n) is 3.61. The number of furan rings is 1. The van der Waals surface area contributed by atoms with Crippen LogP contribution >= 0.6 is 11.8 Å². The fourth-order valence-electron chi connectivity index (χ4n) is 0.719. The van der Waals surface area contributed by atoms with Crippen LogP contribution in [0.15, 0.2) is 29.1 Å². The van der Waals surface area contributed by atoms with E-state index in [-0.39, 0.29) is 5.12 Å². The van der Waals surface area contributed by atoms with Crippen molar-refractivity contribution in [3.05, 3.63) is 30.2 Å². The van der Waals surface area contributed by atoms with E-state index in [0.29, 0.717) is 0 Å². The van der Waals surface area contributed by atoms with E-state index < -0.39 is 0 Å². The highest BCUT2D eigenvalue weighted by Gasteiger charge is 1.89. The third kappa shape index (κ3) is 3.44. The molecule has 12 heavy (non-hydrogen) atoms. The molecule has 0 fully saturated rings. The van der Waals surface area contributed by atoms with Crippen LogP contribution < -0.4 is 0 Å². The van der Waals surface area contributed by atoms with Crippen molar-refractivity contribution in [2.75, 3.05) is 5.75 Å². The summed E-state index contributed by atoms with van der Waals surface area (Å²) in [4.78, 5) is 10.5. The molecule has 0 aliphatic rings. The first-order chi connectivity index (χ1) is 5.79. The molecule has 0 aliphatic heterocycles. The fourth-order valence-corrected chi connectivity index (χ4v) is 1.15. The minimum Gasteiger partial charge on any atom is -0.472 e. The minimum atomic E-state index is 0.145. The Hall–Kier alpha value is -0.960. The summed E-state index contributed by atoms with van der Waals surface area (Å²) >= 11 is 1.30. The molecule has 0 aromatic carbocycles. The van der Waals surface area contributed by atoms with Gasteiger partial charge in [0.05, 0.1) is 12.5 Å². The summed E-state index contributed by atoms with van der Waals surface area (Å²) in [5.74, 6) is 0.723. The molecule has 0 spiro atoms. The van der Waals surface area contributed by atoms with E-state index in [0.717, 1.165) is 11.3 Å². The predicted octanol–water partition coefficient (Wildman–Crippen LogP) is 2.57. The van der Waals surface area contributed by atoms with Crippen molar-refractivity contribution in [3.8, 4) is 0 Å². The van der Waals surface area contributed by atoms with Crippen LogP contribution in [0.25, 0.3) is 6.08 Å². The Morgan fingerprint density at radius 2 is 2.58 bits per heavy atom. The first kappa shape index (κ1) is 9.13.